The molecule has 2 rings (SSSR count). The van der Waals surface area contributed by atoms with Crippen LogP contribution in [0.25, 0.3) is 6.08 Å². The van der Waals surface area contributed by atoms with E-state index >= 15 is 0 Å². The van der Waals surface area contributed by atoms with E-state index in [1.54, 1.807) is 35.6 Å². The van der Waals surface area contributed by atoms with E-state index in [4.69, 9.17) is 11.1 Å². The van der Waals surface area contributed by atoms with Gasteiger partial charge in [0.15, 0.2) is 5.84 Å². The number of rotatable bonds is 3. The highest BCUT2D eigenvalue weighted by molar-refractivity contribution is 7.11. The van der Waals surface area contributed by atoms with Crippen molar-refractivity contribution in [3.05, 3.63) is 57.8 Å². The molecule has 102 valence electrons. The Bertz CT molecular complexity index is 686. The smallest absolute Gasteiger partial charge is 0.157 e. The lowest BCUT2D eigenvalue weighted by Gasteiger charge is -2.01. The van der Waals surface area contributed by atoms with Crippen LogP contribution in [-0.2, 0) is 0 Å². The standard InChI is InChI=1S/C15H15N3OS/c1-10-8-9-20-13(10)6-7-14(16)18-15(17)11-4-2-3-5-12(11)19/h2-9,19H,1H3,(H3,16,17,18)/b7-6+. The van der Waals surface area contributed by atoms with Crippen molar-refractivity contribution in [1.82, 2.24) is 0 Å². The van der Waals surface area contributed by atoms with Crippen LogP contribution < -0.4 is 5.73 Å². The molecule has 0 spiro atoms. The number of phenols is 1. The summed E-state index contributed by atoms with van der Waals surface area (Å²) in [4.78, 5) is 5.08. The molecule has 20 heavy (non-hydrogen) atoms. The average Bonchev–Trinajstić information content (AvgIpc) is 2.82. The van der Waals surface area contributed by atoms with Crippen molar-refractivity contribution < 1.29 is 5.11 Å². The second kappa shape index (κ2) is 6.16. The number of nitrogens with zero attached hydrogens (tertiary/aromatic N) is 1. The Morgan fingerprint density at radius 2 is 2.10 bits per heavy atom. The monoisotopic (exact) mass is 285 g/mol. The molecule has 0 unspecified atom stereocenters. The predicted molar refractivity (Wildman–Crippen MR) is 84.6 cm³/mol. The third-order valence-corrected chi connectivity index (χ3v) is 3.69. The highest BCUT2D eigenvalue weighted by Crippen LogP contribution is 2.18. The van der Waals surface area contributed by atoms with Crippen LogP contribution in [0.1, 0.15) is 16.0 Å². The number of thiophene rings is 1. The van der Waals surface area contributed by atoms with Crippen LogP contribution in [0.3, 0.4) is 0 Å². The number of hydrogen-bond donors (Lipinski definition) is 3. The van der Waals surface area contributed by atoms with E-state index in [0.29, 0.717) is 5.56 Å². The van der Waals surface area contributed by atoms with Gasteiger partial charge in [-0.1, -0.05) is 12.1 Å². The summed E-state index contributed by atoms with van der Waals surface area (Å²) in [5, 5.41) is 19.5. The first kappa shape index (κ1) is 14.0. The van der Waals surface area contributed by atoms with E-state index in [9.17, 15) is 5.11 Å². The molecule has 0 aliphatic carbocycles. The summed E-state index contributed by atoms with van der Waals surface area (Å²) >= 11 is 1.62. The molecule has 0 bridgehead atoms. The number of benzene rings is 1. The van der Waals surface area contributed by atoms with Crippen molar-refractivity contribution in [1.29, 1.82) is 5.41 Å². The van der Waals surface area contributed by atoms with Gasteiger partial charge < -0.3 is 10.8 Å². The van der Waals surface area contributed by atoms with Crippen molar-refractivity contribution in [2.45, 2.75) is 6.92 Å². The predicted octanol–water partition coefficient (Wildman–Crippen LogP) is 3.16. The number of phenolic OH excluding ortho intramolecular Hbond substituents is 1. The summed E-state index contributed by atoms with van der Waals surface area (Å²) in [7, 11) is 0. The van der Waals surface area contributed by atoms with Gasteiger partial charge in [-0.2, -0.15) is 0 Å². The van der Waals surface area contributed by atoms with Gasteiger partial charge in [-0.05, 0) is 48.2 Å². The molecule has 0 saturated heterocycles. The topological polar surface area (TPSA) is 82.5 Å². The van der Waals surface area contributed by atoms with Gasteiger partial charge in [-0.15, -0.1) is 11.3 Å². The Hall–Kier alpha value is -2.40. The lowest BCUT2D eigenvalue weighted by molar-refractivity contribution is 0.474. The molecule has 0 fully saturated rings. The lowest BCUT2D eigenvalue weighted by atomic mass is 10.2. The van der Waals surface area contributed by atoms with Crippen molar-refractivity contribution in [2.24, 2.45) is 10.7 Å². The molecule has 1 aromatic carbocycles. The first-order valence-electron chi connectivity index (χ1n) is 6.01. The number of para-hydroxylation sites is 1. The van der Waals surface area contributed by atoms with Gasteiger partial charge in [0.2, 0.25) is 0 Å². The second-order valence-corrected chi connectivity index (χ2v) is 5.15. The lowest BCUT2D eigenvalue weighted by Crippen LogP contribution is -2.11. The zero-order valence-corrected chi connectivity index (χ0v) is 11.8. The summed E-state index contributed by atoms with van der Waals surface area (Å²) in [6.45, 7) is 2.02. The minimum atomic E-state index is -0.0619. The third-order valence-electron chi connectivity index (χ3n) is 2.71. The van der Waals surface area contributed by atoms with Gasteiger partial charge >= 0.3 is 0 Å². The normalized spacial score (nSPS) is 11.9. The van der Waals surface area contributed by atoms with Crippen molar-refractivity contribution in [2.75, 3.05) is 0 Å². The van der Waals surface area contributed by atoms with Crippen molar-refractivity contribution in [3.8, 4) is 5.75 Å². The van der Waals surface area contributed by atoms with Gasteiger partial charge in [0.05, 0.1) is 5.56 Å². The molecule has 1 heterocycles. The number of aromatic hydroxyl groups is 1. The highest BCUT2D eigenvalue weighted by atomic mass is 32.1. The van der Waals surface area contributed by atoms with E-state index in [2.05, 4.69) is 4.99 Å². The molecule has 2 aromatic rings. The van der Waals surface area contributed by atoms with Crippen LogP contribution in [0.5, 0.6) is 5.75 Å². The minimum absolute atomic E-state index is 0.0205. The van der Waals surface area contributed by atoms with E-state index in [0.717, 1.165) is 4.88 Å². The maximum atomic E-state index is 9.64. The number of aliphatic imine (C=N–C) groups is 1. The fraction of sp³-hybridized carbons (Fsp3) is 0.0667. The van der Waals surface area contributed by atoms with Gasteiger partial charge in [0.25, 0.3) is 0 Å². The number of aryl methyl sites for hydroxylation is 1. The van der Waals surface area contributed by atoms with E-state index in [-0.39, 0.29) is 17.4 Å². The Morgan fingerprint density at radius 3 is 2.75 bits per heavy atom. The largest absolute Gasteiger partial charge is 0.507 e. The average molecular weight is 285 g/mol. The maximum absolute atomic E-state index is 9.64. The summed E-state index contributed by atoms with van der Waals surface area (Å²) in [6.07, 6.45) is 3.53. The van der Waals surface area contributed by atoms with Gasteiger partial charge in [0, 0.05) is 4.88 Å². The molecule has 0 radical (unpaired) electrons. The number of nitrogens with one attached hydrogen (secondary N) is 1. The summed E-state index contributed by atoms with van der Waals surface area (Å²) in [5.74, 6) is 0.186. The molecule has 4 N–H and O–H groups in total. The second-order valence-electron chi connectivity index (χ2n) is 4.20. The SMILES string of the molecule is Cc1ccsc1/C=C/C(N)=NC(=N)c1ccccc1O. The fourth-order valence-corrected chi connectivity index (χ4v) is 2.44. The number of amidine groups is 2. The third kappa shape index (κ3) is 3.33. The molecule has 5 heteroatoms. The molecule has 4 nitrogen and oxygen atoms in total. The quantitative estimate of drug-likeness (QED) is 0.598. The Balaban J connectivity index is 2.15. The molecule has 1 aromatic heterocycles. The van der Waals surface area contributed by atoms with Crippen LogP contribution in [0.2, 0.25) is 0 Å². The Morgan fingerprint density at radius 1 is 1.35 bits per heavy atom. The summed E-state index contributed by atoms with van der Waals surface area (Å²) in [6, 6.07) is 8.60. The number of nitrogens with two attached hydrogens (primary N) is 1. The van der Waals surface area contributed by atoms with Crippen molar-refractivity contribution in [3.63, 3.8) is 0 Å². The van der Waals surface area contributed by atoms with Gasteiger partial charge in [-0.25, -0.2) is 4.99 Å². The fourth-order valence-electron chi connectivity index (χ4n) is 1.62. The molecule has 0 aliphatic rings. The highest BCUT2D eigenvalue weighted by Gasteiger charge is 2.05. The number of hydrogen-bond acceptors (Lipinski definition) is 3. The first-order valence-corrected chi connectivity index (χ1v) is 6.89. The molecule has 0 atom stereocenters. The summed E-state index contributed by atoms with van der Waals surface area (Å²) < 4.78 is 0. The van der Waals surface area contributed by atoms with Crippen LogP contribution in [0.15, 0.2) is 46.8 Å². The van der Waals surface area contributed by atoms with Gasteiger partial charge in [-0.3, -0.25) is 5.41 Å². The van der Waals surface area contributed by atoms with Crippen molar-refractivity contribution >= 4 is 29.1 Å². The first-order chi connectivity index (χ1) is 9.58. The zero-order chi connectivity index (χ0) is 14.5. The molecular weight excluding hydrogens is 270 g/mol. The van der Waals surface area contributed by atoms with Gasteiger partial charge in [0.1, 0.15) is 11.6 Å². The molecule has 0 aliphatic heterocycles. The van der Waals surface area contributed by atoms with Crippen LogP contribution in [0, 0.1) is 12.3 Å². The Labute approximate surface area is 121 Å². The van der Waals surface area contributed by atoms with Crippen LogP contribution in [0.4, 0.5) is 0 Å². The molecular formula is C15H15N3OS. The molecule has 0 amide bonds. The summed E-state index contributed by atoms with van der Waals surface area (Å²) in [5.41, 5.74) is 7.31. The van der Waals surface area contributed by atoms with Crippen LogP contribution >= 0.6 is 11.3 Å². The zero-order valence-electron chi connectivity index (χ0n) is 11.0. The Kier molecular flexibility index (Phi) is 4.32. The van der Waals surface area contributed by atoms with E-state index < -0.39 is 0 Å². The van der Waals surface area contributed by atoms with E-state index in [1.807, 2.05) is 24.4 Å². The van der Waals surface area contributed by atoms with E-state index in [1.165, 1.54) is 11.6 Å². The minimum Gasteiger partial charge on any atom is -0.507 e. The van der Waals surface area contributed by atoms with Crippen LogP contribution in [-0.4, -0.2) is 16.8 Å². The molecule has 0 saturated carbocycles. The maximum Gasteiger partial charge on any atom is 0.157 e.